The zero-order valence-electron chi connectivity index (χ0n) is 5.40. The van der Waals surface area contributed by atoms with E-state index in [0.29, 0.717) is 12.3 Å². The number of rotatable bonds is 3. The van der Waals surface area contributed by atoms with Crippen molar-refractivity contribution in [2.45, 2.75) is 24.4 Å². The van der Waals surface area contributed by atoms with Crippen molar-refractivity contribution < 1.29 is 0 Å². The molecular formula is C5H12Cl2N2. The maximum absolute atomic E-state index is 5.63. The van der Waals surface area contributed by atoms with Crippen LogP contribution in [0.2, 0.25) is 0 Å². The van der Waals surface area contributed by atoms with Gasteiger partial charge in [-0.15, -0.1) is 23.2 Å². The number of hydrogen-bond donors (Lipinski definition) is 2. The van der Waals surface area contributed by atoms with Crippen molar-refractivity contribution in [2.24, 2.45) is 11.5 Å². The lowest BCUT2D eigenvalue weighted by atomic mass is 10.0. The predicted molar refractivity (Wildman–Crippen MR) is 41.8 cm³/mol. The molecule has 0 saturated carbocycles. The molecule has 9 heavy (non-hydrogen) atoms. The second-order valence-electron chi connectivity index (χ2n) is 2.35. The summed E-state index contributed by atoms with van der Waals surface area (Å²) in [5.74, 6) is 0.493. The Labute approximate surface area is 65.5 Å². The topological polar surface area (TPSA) is 52.0 Å². The third kappa shape index (κ3) is 3.26. The lowest BCUT2D eigenvalue weighted by Gasteiger charge is -2.25. The molecule has 0 radical (unpaired) electrons. The summed E-state index contributed by atoms with van der Waals surface area (Å²) in [6, 6.07) is 0. The third-order valence-electron chi connectivity index (χ3n) is 1.26. The summed E-state index contributed by atoms with van der Waals surface area (Å²) in [7, 11) is 0. The molecule has 2 nitrogen and oxygen atoms in total. The van der Waals surface area contributed by atoms with E-state index in [1.165, 1.54) is 0 Å². The third-order valence-corrected chi connectivity index (χ3v) is 1.95. The van der Waals surface area contributed by atoms with Crippen LogP contribution < -0.4 is 11.5 Å². The quantitative estimate of drug-likeness (QED) is 0.488. The Morgan fingerprint density at radius 3 is 2.22 bits per heavy atom. The molecule has 0 aliphatic rings. The van der Waals surface area contributed by atoms with Gasteiger partial charge in [-0.25, -0.2) is 0 Å². The van der Waals surface area contributed by atoms with Crippen LogP contribution in [0.4, 0.5) is 0 Å². The summed E-state index contributed by atoms with van der Waals surface area (Å²) < 4.78 is 0. The molecule has 2 unspecified atom stereocenters. The Morgan fingerprint density at radius 2 is 2.11 bits per heavy atom. The molecule has 2 atom stereocenters. The second kappa shape index (κ2) is 3.62. The van der Waals surface area contributed by atoms with Crippen LogP contribution in [0.25, 0.3) is 0 Å². The average molecular weight is 171 g/mol. The fourth-order valence-corrected chi connectivity index (χ4v) is 0.858. The molecule has 4 heteroatoms. The zero-order chi connectivity index (χ0) is 7.49. The van der Waals surface area contributed by atoms with Gasteiger partial charge < -0.3 is 11.5 Å². The van der Waals surface area contributed by atoms with Gasteiger partial charge in [-0.3, -0.25) is 0 Å². The Kier molecular flexibility index (Phi) is 3.82. The van der Waals surface area contributed by atoms with Gasteiger partial charge in [0.05, 0.1) is 5.50 Å². The molecule has 0 rings (SSSR count). The summed E-state index contributed by atoms with van der Waals surface area (Å²) in [5, 5.41) is 0. The van der Waals surface area contributed by atoms with Crippen LogP contribution in [-0.2, 0) is 0 Å². The van der Waals surface area contributed by atoms with E-state index >= 15 is 0 Å². The van der Waals surface area contributed by atoms with E-state index in [0.717, 1.165) is 0 Å². The molecule has 0 aliphatic carbocycles. The van der Waals surface area contributed by atoms with E-state index in [9.17, 15) is 0 Å². The number of hydrogen-bond acceptors (Lipinski definition) is 2. The first-order valence-electron chi connectivity index (χ1n) is 2.75. The van der Waals surface area contributed by atoms with Gasteiger partial charge >= 0.3 is 0 Å². The van der Waals surface area contributed by atoms with Gasteiger partial charge in [0, 0.05) is 11.4 Å². The van der Waals surface area contributed by atoms with Crippen molar-refractivity contribution in [1.82, 2.24) is 0 Å². The van der Waals surface area contributed by atoms with Crippen molar-refractivity contribution in [3.63, 3.8) is 0 Å². The Bertz CT molecular complexity index is 83.0. The molecule has 0 fully saturated rings. The minimum Gasteiger partial charge on any atom is -0.323 e. The van der Waals surface area contributed by atoms with Crippen molar-refractivity contribution >= 4 is 23.2 Å². The smallest absolute Gasteiger partial charge is 0.0980 e. The minimum absolute atomic E-state index is 0.493. The molecule has 0 saturated heterocycles. The van der Waals surface area contributed by atoms with Gasteiger partial charge in [0.15, 0.2) is 0 Å². The van der Waals surface area contributed by atoms with Crippen molar-refractivity contribution in [1.29, 1.82) is 0 Å². The molecule has 0 aliphatic heterocycles. The van der Waals surface area contributed by atoms with Crippen LogP contribution in [0.3, 0.4) is 0 Å². The molecule has 0 amide bonds. The average Bonchev–Trinajstić information content (AvgIpc) is 1.65. The second-order valence-corrected chi connectivity index (χ2v) is 3.19. The summed E-state index contributed by atoms with van der Waals surface area (Å²) in [4.78, 5) is 0. The normalized spacial score (nSPS) is 21.0. The number of alkyl halides is 2. The van der Waals surface area contributed by atoms with Crippen LogP contribution in [0.5, 0.6) is 0 Å². The van der Waals surface area contributed by atoms with Crippen molar-refractivity contribution in [3.05, 3.63) is 0 Å². The first kappa shape index (κ1) is 9.50. The van der Waals surface area contributed by atoms with E-state index in [1.54, 1.807) is 6.92 Å². The molecule has 4 N–H and O–H groups in total. The number of halogens is 2. The van der Waals surface area contributed by atoms with E-state index < -0.39 is 11.0 Å². The molecule has 0 aromatic heterocycles. The fraction of sp³-hybridized carbons (Fsp3) is 1.00. The van der Waals surface area contributed by atoms with Gasteiger partial charge in [-0.2, -0.15) is 0 Å². The standard InChI is InChI=1S/C5H12Cl2N2/c1-5(9,2-3-6)4(7)8/h4H,2-3,8-9H2,1H3. The summed E-state index contributed by atoms with van der Waals surface area (Å²) in [6.07, 6.45) is 0.638. The molecule has 0 spiro atoms. The Morgan fingerprint density at radius 1 is 1.67 bits per heavy atom. The molecule has 0 aromatic rings. The highest BCUT2D eigenvalue weighted by molar-refractivity contribution is 6.21. The van der Waals surface area contributed by atoms with Gasteiger partial charge in [0.25, 0.3) is 0 Å². The van der Waals surface area contributed by atoms with Crippen LogP contribution in [0.1, 0.15) is 13.3 Å². The Hall–Kier alpha value is 0.500. The van der Waals surface area contributed by atoms with Crippen LogP contribution in [0.15, 0.2) is 0 Å². The van der Waals surface area contributed by atoms with Gasteiger partial charge in [-0.1, -0.05) is 0 Å². The van der Waals surface area contributed by atoms with Crippen LogP contribution in [0, 0.1) is 0 Å². The van der Waals surface area contributed by atoms with Crippen molar-refractivity contribution in [3.8, 4) is 0 Å². The van der Waals surface area contributed by atoms with Gasteiger partial charge in [0.2, 0.25) is 0 Å². The molecule has 0 heterocycles. The van der Waals surface area contributed by atoms with Gasteiger partial charge in [-0.05, 0) is 13.3 Å². The number of nitrogens with two attached hydrogens (primary N) is 2. The SMILES string of the molecule is CC(N)(CCCl)C(N)Cl. The highest BCUT2D eigenvalue weighted by Gasteiger charge is 2.23. The monoisotopic (exact) mass is 170 g/mol. The fourth-order valence-electron chi connectivity index (χ4n) is 0.341. The summed E-state index contributed by atoms with van der Waals surface area (Å²) >= 11 is 11.0. The Balaban J connectivity index is 3.70. The van der Waals surface area contributed by atoms with E-state index in [-0.39, 0.29) is 0 Å². The largest absolute Gasteiger partial charge is 0.323 e. The first-order valence-corrected chi connectivity index (χ1v) is 3.72. The van der Waals surface area contributed by atoms with E-state index in [4.69, 9.17) is 34.7 Å². The highest BCUT2D eigenvalue weighted by Crippen LogP contribution is 2.12. The lowest BCUT2D eigenvalue weighted by molar-refractivity contribution is 0.436. The highest BCUT2D eigenvalue weighted by atomic mass is 35.5. The summed E-state index contributed by atoms with van der Waals surface area (Å²) in [5.41, 5.74) is 9.91. The zero-order valence-corrected chi connectivity index (χ0v) is 6.91. The molecule has 56 valence electrons. The minimum atomic E-state index is -0.538. The van der Waals surface area contributed by atoms with Crippen LogP contribution in [-0.4, -0.2) is 16.9 Å². The maximum Gasteiger partial charge on any atom is 0.0980 e. The molecular weight excluding hydrogens is 159 g/mol. The maximum atomic E-state index is 5.63. The van der Waals surface area contributed by atoms with Crippen molar-refractivity contribution in [2.75, 3.05) is 5.88 Å². The molecule has 0 bridgehead atoms. The van der Waals surface area contributed by atoms with Crippen LogP contribution >= 0.6 is 23.2 Å². The first-order chi connectivity index (χ1) is 4.00. The van der Waals surface area contributed by atoms with Gasteiger partial charge in [0.1, 0.15) is 0 Å². The summed E-state index contributed by atoms with van der Waals surface area (Å²) in [6.45, 7) is 1.78. The molecule has 0 aromatic carbocycles. The lowest BCUT2D eigenvalue weighted by Crippen LogP contribution is -2.50. The predicted octanol–water partition coefficient (Wildman–Crippen LogP) is 0.856. The van der Waals surface area contributed by atoms with E-state index in [2.05, 4.69) is 0 Å². The van der Waals surface area contributed by atoms with E-state index in [1.807, 2.05) is 0 Å².